The highest BCUT2D eigenvalue weighted by Crippen LogP contribution is 2.15. The second-order valence-electron chi connectivity index (χ2n) is 6.76. The lowest BCUT2D eigenvalue weighted by Crippen LogP contribution is -2.35. The van der Waals surface area contributed by atoms with Gasteiger partial charge in [-0.2, -0.15) is 0 Å². The number of ether oxygens (including phenoxy) is 1. The van der Waals surface area contributed by atoms with Crippen molar-refractivity contribution < 1.29 is 14.6 Å². The minimum Gasteiger partial charge on any atom is -0.508 e. The second kappa shape index (κ2) is 9.72. The van der Waals surface area contributed by atoms with E-state index in [2.05, 4.69) is 5.32 Å². The van der Waals surface area contributed by atoms with Gasteiger partial charge in [-0.3, -0.25) is 4.79 Å². The van der Waals surface area contributed by atoms with Crippen LogP contribution in [0.15, 0.2) is 78.9 Å². The van der Waals surface area contributed by atoms with E-state index in [1.807, 2.05) is 61.5 Å². The zero-order chi connectivity index (χ0) is 19.8. The Morgan fingerprint density at radius 2 is 1.61 bits per heavy atom. The molecule has 0 aromatic heterocycles. The fourth-order valence-electron chi connectivity index (χ4n) is 2.89. The molecule has 144 valence electrons. The van der Waals surface area contributed by atoms with Crippen LogP contribution in [0.2, 0.25) is 0 Å². The molecule has 3 aromatic rings. The van der Waals surface area contributed by atoms with Crippen LogP contribution in [0.5, 0.6) is 11.5 Å². The summed E-state index contributed by atoms with van der Waals surface area (Å²) in [6, 6.07) is 24.1. The van der Waals surface area contributed by atoms with Gasteiger partial charge in [0.1, 0.15) is 18.1 Å². The lowest BCUT2D eigenvalue weighted by Gasteiger charge is -2.13. The molecule has 0 unspecified atom stereocenters. The number of phenolic OH excluding ortho intramolecular Hbond substituents is 1. The number of carbonyl (C=O) groups excluding carboxylic acids is 1. The first-order valence-electron chi connectivity index (χ1n) is 9.44. The Kier molecular flexibility index (Phi) is 6.82. The number of benzene rings is 3. The summed E-state index contributed by atoms with van der Waals surface area (Å²) in [5, 5.41) is 12.6. The van der Waals surface area contributed by atoms with Crippen LogP contribution < -0.4 is 10.1 Å². The van der Waals surface area contributed by atoms with Crippen LogP contribution in [0.3, 0.4) is 0 Å². The molecular weight excluding hydrogens is 350 g/mol. The zero-order valence-corrected chi connectivity index (χ0v) is 16.0. The Bertz CT molecular complexity index is 874. The van der Waals surface area contributed by atoms with Gasteiger partial charge in [-0.15, -0.1) is 0 Å². The Morgan fingerprint density at radius 3 is 2.29 bits per heavy atom. The molecule has 28 heavy (non-hydrogen) atoms. The van der Waals surface area contributed by atoms with Crippen molar-refractivity contribution in [2.45, 2.75) is 26.0 Å². The van der Waals surface area contributed by atoms with E-state index >= 15 is 0 Å². The van der Waals surface area contributed by atoms with E-state index in [0.717, 1.165) is 23.3 Å². The van der Waals surface area contributed by atoms with Crippen molar-refractivity contribution in [2.75, 3.05) is 6.54 Å². The van der Waals surface area contributed by atoms with E-state index in [9.17, 15) is 9.90 Å². The van der Waals surface area contributed by atoms with Crippen LogP contribution in [0, 0.1) is 0 Å². The average molecular weight is 375 g/mol. The summed E-state index contributed by atoms with van der Waals surface area (Å²) in [5.74, 6) is 1.06. The zero-order valence-electron chi connectivity index (χ0n) is 16.0. The summed E-state index contributed by atoms with van der Waals surface area (Å²) in [4.78, 5) is 12.6. The van der Waals surface area contributed by atoms with Gasteiger partial charge in [0.15, 0.2) is 5.78 Å². The van der Waals surface area contributed by atoms with E-state index < -0.39 is 0 Å². The quantitative estimate of drug-likeness (QED) is 0.545. The highest BCUT2D eigenvalue weighted by molar-refractivity contribution is 5.99. The molecule has 0 radical (unpaired) electrons. The SMILES string of the molecule is C[C@@H](NCCc1ccc(O)cc1)C(=O)c1ccc(OCc2ccccc2)cc1. The number of nitrogens with one attached hydrogen (secondary N) is 1. The van der Waals surface area contributed by atoms with Crippen LogP contribution >= 0.6 is 0 Å². The van der Waals surface area contributed by atoms with Crippen molar-refractivity contribution in [3.05, 3.63) is 95.6 Å². The fraction of sp³-hybridized carbons (Fsp3) is 0.208. The van der Waals surface area contributed by atoms with E-state index in [-0.39, 0.29) is 17.6 Å². The van der Waals surface area contributed by atoms with Gasteiger partial charge in [-0.25, -0.2) is 0 Å². The molecule has 0 aliphatic carbocycles. The Hall–Kier alpha value is -3.11. The molecule has 0 aliphatic heterocycles. The summed E-state index contributed by atoms with van der Waals surface area (Å²) >= 11 is 0. The van der Waals surface area contributed by atoms with Crippen LogP contribution in [0.1, 0.15) is 28.4 Å². The van der Waals surface area contributed by atoms with Gasteiger partial charge >= 0.3 is 0 Å². The molecule has 0 amide bonds. The third-order valence-corrected chi connectivity index (χ3v) is 4.58. The summed E-state index contributed by atoms with van der Waals surface area (Å²) < 4.78 is 5.76. The van der Waals surface area contributed by atoms with E-state index in [0.29, 0.717) is 18.7 Å². The molecule has 4 heteroatoms. The highest BCUT2D eigenvalue weighted by Gasteiger charge is 2.14. The molecule has 0 fully saturated rings. The lowest BCUT2D eigenvalue weighted by molar-refractivity contribution is 0.0951. The van der Waals surface area contributed by atoms with Crippen LogP contribution in [-0.4, -0.2) is 23.5 Å². The van der Waals surface area contributed by atoms with Gasteiger partial charge < -0.3 is 15.2 Å². The summed E-state index contributed by atoms with van der Waals surface area (Å²) in [7, 11) is 0. The van der Waals surface area contributed by atoms with Crippen molar-refractivity contribution in [1.29, 1.82) is 0 Å². The molecule has 1 atom stereocenters. The second-order valence-corrected chi connectivity index (χ2v) is 6.76. The lowest BCUT2D eigenvalue weighted by atomic mass is 10.0. The number of carbonyl (C=O) groups is 1. The van der Waals surface area contributed by atoms with Gasteiger partial charge in [0.25, 0.3) is 0 Å². The van der Waals surface area contributed by atoms with Crippen molar-refractivity contribution in [3.8, 4) is 11.5 Å². The Labute approximate surface area is 165 Å². The molecule has 3 aromatic carbocycles. The summed E-state index contributed by atoms with van der Waals surface area (Å²) in [6.45, 7) is 3.07. The van der Waals surface area contributed by atoms with Gasteiger partial charge in [0.2, 0.25) is 0 Å². The number of rotatable bonds is 9. The largest absolute Gasteiger partial charge is 0.508 e. The van der Waals surface area contributed by atoms with Crippen molar-refractivity contribution in [3.63, 3.8) is 0 Å². The van der Waals surface area contributed by atoms with Gasteiger partial charge in [0.05, 0.1) is 6.04 Å². The number of hydrogen-bond donors (Lipinski definition) is 2. The third kappa shape index (κ3) is 5.69. The maximum Gasteiger partial charge on any atom is 0.179 e. The predicted octanol–water partition coefficient (Wildman–Crippen LogP) is 4.37. The monoisotopic (exact) mass is 375 g/mol. The minimum atomic E-state index is -0.270. The molecule has 2 N–H and O–H groups in total. The molecular formula is C24H25NO3. The first-order chi connectivity index (χ1) is 13.6. The Balaban J connectivity index is 1.47. The normalized spacial score (nSPS) is 11.8. The third-order valence-electron chi connectivity index (χ3n) is 4.58. The van der Waals surface area contributed by atoms with E-state index in [1.165, 1.54) is 0 Å². The molecule has 0 saturated heterocycles. The van der Waals surface area contributed by atoms with Crippen LogP contribution in [-0.2, 0) is 13.0 Å². The minimum absolute atomic E-state index is 0.0558. The van der Waals surface area contributed by atoms with E-state index in [1.54, 1.807) is 24.3 Å². The number of hydrogen-bond acceptors (Lipinski definition) is 4. The van der Waals surface area contributed by atoms with Crippen molar-refractivity contribution in [1.82, 2.24) is 5.32 Å². The van der Waals surface area contributed by atoms with Crippen LogP contribution in [0.4, 0.5) is 0 Å². The topological polar surface area (TPSA) is 58.6 Å². The molecule has 0 heterocycles. The van der Waals surface area contributed by atoms with Crippen molar-refractivity contribution in [2.24, 2.45) is 0 Å². The van der Waals surface area contributed by atoms with Gasteiger partial charge in [-0.05, 0) is 67.4 Å². The smallest absolute Gasteiger partial charge is 0.179 e. The summed E-state index contributed by atoms with van der Waals surface area (Å²) in [6.07, 6.45) is 0.796. The van der Waals surface area contributed by atoms with Crippen LogP contribution in [0.25, 0.3) is 0 Å². The number of phenols is 1. The maximum atomic E-state index is 12.6. The molecule has 0 saturated carbocycles. The number of aromatic hydroxyl groups is 1. The maximum absolute atomic E-state index is 12.6. The number of ketones is 1. The van der Waals surface area contributed by atoms with Gasteiger partial charge in [0, 0.05) is 5.56 Å². The number of Topliss-reactive ketones (excluding diaryl/α,β-unsaturated/α-hetero) is 1. The molecule has 0 spiro atoms. The average Bonchev–Trinajstić information content (AvgIpc) is 2.74. The first kappa shape index (κ1) is 19.6. The first-order valence-corrected chi connectivity index (χ1v) is 9.44. The molecule has 0 aliphatic rings. The standard InChI is InChI=1S/C24H25NO3/c1-18(25-16-15-19-7-11-22(26)12-8-19)24(27)21-9-13-23(14-10-21)28-17-20-5-3-2-4-6-20/h2-14,18,25-26H,15-17H2,1H3/t18-/m1/s1. The highest BCUT2D eigenvalue weighted by atomic mass is 16.5. The fourth-order valence-corrected chi connectivity index (χ4v) is 2.89. The molecule has 3 rings (SSSR count). The van der Waals surface area contributed by atoms with Crippen molar-refractivity contribution >= 4 is 5.78 Å². The molecule has 0 bridgehead atoms. The molecule has 4 nitrogen and oxygen atoms in total. The van der Waals surface area contributed by atoms with E-state index in [4.69, 9.17) is 4.74 Å². The van der Waals surface area contributed by atoms with Gasteiger partial charge in [-0.1, -0.05) is 42.5 Å². The Morgan fingerprint density at radius 1 is 0.929 bits per heavy atom. The summed E-state index contributed by atoms with van der Waals surface area (Å²) in [5.41, 5.74) is 2.88. The predicted molar refractivity (Wildman–Crippen MR) is 111 cm³/mol.